The molecule has 0 aliphatic heterocycles. The summed E-state index contributed by atoms with van der Waals surface area (Å²) in [7, 11) is 0. The number of aliphatic hydroxyl groups excluding tert-OH is 1. The average molecular weight is 291 g/mol. The molecule has 7 nitrogen and oxygen atoms in total. The van der Waals surface area contributed by atoms with Crippen molar-refractivity contribution in [3.05, 3.63) is 28.0 Å². The lowest BCUT2D eigenvalue weighted by Crippen LogP contribution is -2.39. The van der Waals surface area contributed by atoms with E-state index in [4.69, 9.17) is 4.42 Å². The number of aromatic amines is 1. The average Bonchev–Trinajstić information content (AvgIpc) is 3.02. The van der Waals surface area contributed by atoms with Crippen molar-refractivity contribution in [1.29, 1.82) is 0 Å². The maximum atomic E-state index is 12.5. The molecular weight excluding hydrogens is 274 g/mol. The molecule has 2 heterocycles. The van der Waals surface area contributed by atoms with E-state index in [1.807, 2.05) is 0 Å². The minimum Gasteiger partial charge on any atom is -0.442 e. The van der Waals surface area contributed by atoms with Crippen molar-refractivity contribution in [2.45, 2.75) is 32.2 Å². The molecule has 1 fully saturated rings. The number of rotatable bonds is 3. The number of nitrogens with one attached hydrogen (secondary N) is 2. The number of hydrogen-bond acceptors (Lipinski definition) is 5. The molecule has 1 amide bonds. The summed E-state index contributed by atoms with van der Waals surface area (Å²) >= 11 is 0. The lowest BCUT2D eigenvalue weighted by atomic mass is 10.0. The molecular formula is C14H17N3O4. The zero-order chi connectivity index (χ0) is 15.0. The molecule has 7 heteroatoms. The van der Waals surface area contributed by atoms with Gasteiger partial charge in [-0.3, -0.25) is 9.59 Å². The summed E-state index contributed by atoms with van der Waals surface area (Å²) in [5.74, 6) is 0.0872. The first-order chi connectivity index (χ1) is 10.1. The van der Waals surface area contributed by atoms with E-state index >= 15 is 0 Å². The van der Waals surface area contributed by atoms with Gasteiger partial charge >= 0.3 is 0 Å². The SMILES string of the molecule is Cc1oc2nc[nH]c(=O)c2c1C(=O)NC1CCCC1CO. The molecule has 2 aromatic rings. The fourth-order valence-corrected chi connectivity index (χ4v) is 3.01. The number of furan rings is 1. The summed E-state index contributed by atoms with van der Waals surface area (Å²) in [4.78, 5) is 30.8. The van der Waals surface area contributed by atoms with E-state index in [0.29, 0.717) is 5.76 Å². The Hall–Kier alpha value is -2.15. The van der Waals surface area contributed by atoms with Gasteiger partial charge in [0.15, 0.2) is 0 Å². The van der Waals surface area contributed by atoms with Crippen LogP contribution in [0.25, 0.3) is 11.1 Å². The van der Waals surface area contributed by atoms with Gasteiger partial charge in [-0.1, -0.05) is 6.42 Å². The van der Waals surface area contributed by atoms with Crippen molar-refractivity contribution in [1.82, 2.24) is 15.3 Å². The molecule has 0 saturated heterocycles. The first-order valence-electron chi connectivity index (χ1n) is 7.00. The third-order valence-corrected chi connectivity index (χ3v) is 4.11. The number of aromatic nitrogens is 2. The van der Waals surface area contributed by atoms with Crippen molar-refractivity contribution in [2.24, 2.45) is 5.92 Å². The number of carbonyl (C=O) groups is 1. The van der Waals surface area contributed by atoms with Gasteiger partial charge in [0.05, 0.1) is 11.9 Å². The van der Waals surface area contributed by atoms with Crippen LogP contribution in [0.2, 0.25) is 0 Å². The molecule has 0 aromatic carbocycles. The number of nitrogens with zero attached hydrogens (tertiary/aromatic N) is 1. The lowest BCUT2D eigenvalue weighted by molar-refractivity contribution is 0.0916. The van der Waals surface area contributed by atoms with Crippen LogP contribution in [0.3, 0.4) is 0 Å². The number of aryl methyl sites for hydroxylation is 1. The predicted molar refractivity (Wildman–Crippen MR) is 75.0 cm³/mol. The molecule has 3 N–H and O–H groups in total. The maximum Gasteiger partial charge on any atom is 0.262 e. The minimum absolute atomic E-state index is 0.0538. The Labute approximate surface area is 120 Å². The third kappa shape index (κ3) is 2.33. The Morgan fingerprint density at radius 3 is 3.14 bits per heavy atom. The van der Waals surface area contributed by atoms with Crippen LogP contribution in [0.4, 0.5) is 0 Å². The van der Waals surface area contributed by atoms with Gasteiger partial charge in [0, 0.05) is 18.6 Å². The maximum absolute atomic E-state index is 12.5. The van der Waals surface area contributed by atoms with Gasteiger partial charge in [0.1, 0.15) is 11.1 Å². The third-order valence-electron chi connectivity index (χ3n) is 4.11. The van der Waals surface area contributed by atoms with Crippen LogP contribution in [0.5, 0.6) is 0 Å². The summed E-state index contributed by atoms with van der Waals surface area (Å²) in [5, 5.41) is 12.4. The monoisotopic (exact) mass is 291 g/mol. The Bertz CT molecular complexity index is 733. The van der Waals surface area contributed by atoms with Crippen molar-refractivity contribution in [2.75, 3.05) is 6.61 Å². The summed E-state index contributed by atoms with van der Waals surface area (Å²) in [5.41, 5.74) is -0.0124. The zero-order valence-corrected chi connectivity index (χ0v) is 11.7. The molecule has 2 aromatic heterocycles. The van der Waals surface area contributed by atoms with Gasteiger partial charge in [0.25, 0.3) is 11.5 Å². The molecule has 2 atom stereocenters. The first kappa shape index (κ1) is 13.8. The highest BCUT2D eigenvalue weighted by molar-refractivity contribution is 6.06. The van der Waals surface area contributed by atoms with Crippen LogP contribution in [0.15, 0.2) is 15.5 Å². The van der Waals surface area contributed by atoms with E-state index in [-0.39, 0.29) is 41.1 Å². The number of hydrogen-bond donors (Lipinski definition) is 3. The molecule has 0 spiro atoms. The highest BCUT2D eigenvalue weighted by atomic mass is 16.3. The van der Waals surface area contributed by atoms with E-state index < -0.39 is 5.56 Å². The molecule has 0 bridgehead atoms. The summed E-state index contributed by atoms with van der Waals surface area (Å²) < 4.78 is 5.38. The van der Waals surface area contributed by atoms with Crippen LogP contribution in [0.1, 0.15) is 35.4 Å². The number of amides is 1. The van der Waals surface area contributed by atoms with E-state index in [9.17, 15) is 14.7 Å². The lowest BCUT2D eigenvalue weighted by Gasteiger charge is -2.18. The standard InChI is InChI=1S/C14H17N3O4/c1-7-10(11-12(19)15-6-16-14(11)21-7)13(20)17-9-4-2-3-8(9)5-18/h6,8-9,18H,2-5H2,1H3,(H,17,20)(H,15,16,19). The van der Waals surface area contributed by atoms with Gasteiger partial charge < -0.3 is 19.8 Å². The van der Waals surface area contributed by atoms with Gasteiger partial charge in [-0.2, -0.15) is 0 Å². The Balaban J connectivity index is 1.95. The second-order valence-corrected chi connectivity index (χ2v) is 5.40. The highest BCUT2D eigenvalue weighted by Gasteiger charge is 2.30. The van der Waals surface area contributed by atoms with Crippen molar-refractivity contribution in [3.63, 3.8) is 0 Å². The van der Waals surface area contributed by atoms with Crippen LogP contribution < -0.4 is 10.9 Å². The van der Waals surface area contributed by atoms with E-state index in [0.717, 1.165) is 19.3 Å². The Kier molecular flexibility index (Phi) is 3.50. The molecule has 3 rings (SSSR count). The number of carbonyl (C=O) groups excluding carboxylic acids is 1. The van der Waals surface area contributed by atoms with Crippen molar-refractivity contribution >= 4 is 17.0 Å². The van der Waals surface area contributed by atoms with E-state index in [1.54, 1.807) is 6.92 Å². The fourth-order valence-electron chi connectivity index (χ4n) is 3.01. The molecule has 1 aliphatic rings. The molecule has 1 aliphatic carbocycles. The molecule has 2 unspecified atom stereocenters. The Morgan fingerprint density at radius 2 is 2.38 bits per heavy atom. The quantitative estimate of drug-likeness (QED) is 0.772. The van der Waals surface area contributed by atoms with Gasteiger partial charge in [-0.25, -0.2) is 4.98 Å². The first-order valence-corrected chi connectivity index (χ1v) is 7.00. The van der Waals surface area contributed by atoms with E-state index in [1.165, 1.54) is 6.33 Å². The molecule has 112 valence electrons. The normalized spacial score (nSPS) is 21.8. The van der Waals surface area contributed by atoms with Crippen LogP contribution in [-0.4, -0.2) is 33.6 Å². The van der Waals surface area contributed by atoms with Crippen molar-refractivity contribution in [3.8, 4) is 0 Å². The topological polar surface area (TPSA) is 108 Å². The molecule has 1 saturated carbocycles. The van der Waals surface area contributed by atoms with Crippen LogP contribution >= 0.6 is 0 Å². The molecule has 0 radical (unpaired) electrons. The van der Waals surface area contributed by atoms with E-state index in [2.05, 4.69) is 15.3 Å². The fraction of sp³-hybridized carbons (Fsp3) is 0.500. The summed E-state index contributed by atoms with van der Waals surface area (Å²) in [6.45, 7) is 1.69. The predicted octanol–water partition coefficient (Wildman–Crippen LogP) is 0.715. The van der Waals surface area contributed by atoms with Gasteiger partial charge in [-0.05, 0) is 19.8 Å². The molecule has 21 heavy (non-hydrogen) atoms. The zero-order valence-electron chi connectivity index (χ0n) is 11.7. The number of fused-ring (bicyclic) bond motifs is 1. The van der Waals surface area contributed by atoms with Gasteiger partial charge in [0.2, 0.25) is 5.71 Å². The summed E-state index contributed by atoms with van der Waals surface area (Å²) in [6, 6.07) is -0.0670. The van der Waals surface area contributed by atoms with Gasteiger partial charge in [-0.15, -0.1) is 0 Å². The number of aliphatic hydroxyl groups is 1. The van der Waals surface area contributed by atoms with Crippen LogP contribution in [0, 0.1) is 12.8 Å². The second-order valence-electron chi connectivity index (χ2n) is 5.40. The highest BCUT2D eigenvalue weighted by Crippen LogP contribution is 2.26. The minimum atomic E-state index is -0.396. The smallest absolute Gasteiger partial charge is 0.262 e. The van der Waals surface area contributed by atoms with Crippen LogP contribution in [-0.2, 0) is 0 Å². The summed E-state index contributed by atoms with van der Waals surface area (Å²) in [6.07, 6.45) is 3.95. The number of H-pyrrole nitrogens is 1. The largest absolute Gasteiger partial charge is 0.442 e. The Morgan fingerprint density at radius 1 is 1.57 bits per heavy atom. The van der Waals surface area contributed by atoms with Crippen molar-refractivity contribution < 1.29 is 14.3 Å². The second kappa shape index (κ2) is 5.33.